The number of carbonyl (C=O) groups is 2. The van der Waals surface area contributed by atoms with Crippen molar-refractivity contribution in [2.24, 2.45) is 0 Å². The summed E-state index contributed by atoms with van der Waals surface area (Å²) in [4.78, 5) is 23.9. The number of carboxylic acids is 1. The molecular weight excluding hydrogens is 248 g/mol. The minimum absolute atomic E-state index is 0.0269. The third-order valence-electron chi connectivity index (χ3n) is 2.48. The van der Waals surface area contributed by atoms with Gasteiger partial charge in [0.2, 0.25) is 0 Å². The summed E-state index contributed by atoms with van der Waals surface area (Å²) in [5, 5.41) is 19.8. The first-order valence-electron chi connectivity index (χ1n) is 5.28. The Balaban J connectivity index is 2.46. The van der Waals surface area contributed by atoms with Crippen LogP contribution in [0.1, 0.15) is 6.42 Å². The number of rotatable bonds is 4. The number of carbonyl (C=O) groups excluding carboxylic acids is 1. The number of aliphatic carboxylic acids is 1. The van der Waals surface area contributed by atoms with Gasteiger partial charge in [-0.15, -0.1) is 0 Å². The van der Waals surface area contributed by atoms with Crippen LogP contribution in [0.5, 0.6) is 0 Å². The van der Waals surface area contributed by atoms with Crippen LogP contribution in [0.25, 0.3) is 0 Å². The van der Waals surface area contributed by atoms with Gasteiger partial charge in [-0.1, -0.05) is 0 Å². The summed E-state index contributed by atoms with van der Waals surface area (Å²) in [6.45, 7) is 0.426. The zero-order valence-corrected chi connectivity index (χ0v) is 10.1. The molecule has 7 nitrogen and oxygen atoms in total. The lowest BCUT2D eigenvalue weighted by atomic mass is 10.2. The fourth-order valence-electron chi connectivity index (χ4n) is 1.47. The van der Waals surface area contributed by atoms with Crippen LogP contribution in [0.15, 0.2) is 0 Å². The Bertz CT molecular complexity index is 313. The summed E-state index contributed by atoms with van der Waals surface area (Å²) in [6, 6.07) is -1.57. The van der Waals surface area contributed by atoms with Gasteiger partial charge in [-0.05, 0) is 0 Å². The molecule has 0 spiro atoms. The van der Waals surface area contributed by atoms with E-state index in [0.29, 0.717) is 24.6 Å². The van der Waals surface area contributed by atoms with Crippen molar-refractivity contribution in [1.29, 1.82) is 0 Å². The quantitative estimate of drug-likeness (QED) is 0.578. The topological polar surface area (TPSA) is 107 Å². The first-order chi connectivity index (χ1) is 8.04. The van der Waals surface area contributed by atoms with E-state index in [4.69, 9.17) is 10.2 Å². The van der Waals surface area contributed by atoms with Crippen LogP contribution in [0, 0.1) is 0 Å². The van der Waals surface area contributed by atoms with Crippen molar-refractivity contribution in [1.82, 2.24) is 10.2 Å². The second-order valence-corrected chi connectivity index (χ2v) is 5.38. The van der Waals surface area contributed by atoms with Crippen molar-refractivity contribution in [3.63, 3.8) is 0 Å². The standard InChI is InChI=1S/C9H16N2O5S/c12-4-1-7(8(13)14)10-9(15)11-2-5-17(16)6-3-11/h7,12H,1-6H2,(H,10,15)(H,13,14)/t7-/m0/s1. The molecule has 0 radical (unpaired) electrons. The second kappa shape index (κ2) is 6.55. The van der Waals surface area contributed by atoms with E-state index in [9.17, 15) is 13.8 Å². The maximum absolute atomic E-state index is 11.7. The average Bonchev–Trinajstić information content (AvgIpc) is 2.29. The van der Waals surface area contributed by atoms with Crippen LogP contribution >= 0.6 is 0 Å². The van der Waals surface area contributed by atoms with E-state index in [-0.39, 0.29) is 13.0 Å². The number of nitrogens with one attached hydrogen (secondary N) is 1. The molecule has 1 atom stereocenters. The highest BCUT2D eigenvalue weighted by Gasteiger charge is 2.25. The second-order valence-electron chi connectivity index (χ2n) is 3.69. The molecule has 0 unspecified atom stereocenters. The minimum atomic E-state index is -1.17. The Morgan fingerprint density at radius 1 is 1.35 bits per heavy atom. The third kappa shape index (κ3) is 4.31. The van der Waals surface area contributed by atoms with Crippen molar-refractivity contribution in [2.45, 2.75) is 12.5 Å². The highest BCUT2D eigenvalue weighted by atomic mass is 32.2. The lowest BCUT2D eigenvalue weighted by Crippen LogP contribution is -2.51. The van der Waals surface area contributed by atoms with E-state index >= 15 is 0 Å². The molecule has 98 valence electrons. The van der Waals surface area contributed by atoms with Gasteiger partial charge in [-0.3, -0.25) is 4.21 Å². The van der Waals surface area contributed by atoms with Gasteiger partial charge in [0.25, 0.3) is 0 Å². The first kappa shape index (κ1) is 13.9. The normalized spacial score (nSPS) is 18.8. The van der Waals surface area contributed by atoms with Crippen LogP contribution in [0.2, 0.25) is 0 Å². The third-order valence-corrected chi connectivity index (χ3v) is 3.75. The molecule has 1 fully saturated rings. The SMILES string of the molecule is O=C(O)[C@H](CCO)NC(=O)N1CCS(=O)CC1. The Morgan fingerprint density at radius 3 is 2.41 bits per heavy atom. The number of urea groups is 1. The fourth-order valence-corrected chi connectivity index (χ4v) is 2.52. The van der Waals surface area contributed by atoms with Gasteiger partial charge >= 0.3 is 12.0 Å². The molecule has 1 aliphatic rings. The molecule has 1 aliphatic heterocycles. The average molecular weight is 264 g/mol. The van der Waals surface area contributed by atoms with E-state index in [2.05, 4.69) is 5.32 Å². The summed E-state index contributed by atoms with van der Waals surface area (Å²) >= 11 is 0. The van der Waals surface area contributed by atoms with E-state index in [1.54, 1.807) is 0 Å². The minimum Gasteiger partial charge on any atom is -0.480 e. The summed E-state index contributed by atoms with van der Waals surface area (Å²) in [5.74, 6) is -0.330. The number of amides is 2. The summed E-state index contributed by atoms with van der Waals surface area (Å²) in [6.07, 6.45) is -0.0269. The Kier molecular flexibility index (Phi) is 5.36. The number of hydrogen-bond donors (Lipinski definition) is 3. The van der Waals surface area contributed by atoms with Gasteiger partial charge in [-0.2, -0.15) is 0 Å². The first-order valence-corrected chi connectivity index (χ1v) is 6.77. The predicted octanol–water partition coefficient (Wildman–Crippen LogP) is -1.40. The Hall–Kier alpha value is -1.15. The molecular formula is C9H16N2O5S. The van der Waals surface area contributed by atoms with Gasteiger partial charge in [0.15, 0.2) is 0 Å². The molecule has 0 aromatic heterocycles. The van der Waals surface area contributed by atoms with E-state index in [1.165, 1.54) is 4.90 Å². The monoisotopic (exact) mass is 264 g/mol. The fraction of sp³-hybridized carbons (Fsp3) is 0.778. The Morgan fingerprint density at radius 2 is 1.94 bits per heavy atom. The van der Waals surface area contributed by atoms with E-state index < -0.39 is 28.8 Å². The Labute approximate surface area is 101 Å². The van der Waals surface area contributed by atoms with Gasteiger partial charge in [0.05, 0.1) is 0 Å². The largest absolute Gasteiger partial charge is 0.480 e. The van der Waals surface area contributed by atoms with Crippen molar-refractivity contribution in [2.75, 3.05) is 31.2 Å². The number of aliphatic hydroxyl groups is 1. The zero-order valence-electron chi connectivity index (χ0n) is 9.29. The highest BCUT2D eigenvalue weighted by molar-refractivity contribution is 7.85. The lowest BCUT2D eigenvalue weighted by molar-refractivity contribution is -0.139. The van der Waals surface area contributed by atoms with Gasteiger partial charge < -0.3 is 20.4 Å². The van der Waals surface area contributed by atoms with Crippen molar-refractivity contribution in [3.05, 3.63) is 0 Å². The number of carboxylic acid groups (broad SMARTS) is 1. The van der Waals surface area contributed by atoms with Crippen LogP contribution in [-0.2, 0) is 15.6 Å². The molecule has 8 heteroatoms. The van der Waals surface area contributed by atoms with Crippen molar-refractivity contribution < 1.29 is 24.0 Å². The van der Waals surface area contributed by atoms with Crippen molar-refractivity contribution >= 4 is 22.8 Å². The van der Waals surface area contributed by atoms with Crippen LogP contribution in [0.3, 0.4) is 0 Å². The molecule has 1 rings (SSSR count). The molecule has 17 heavy (non-hydrogen) atoms. The number of aliphatic hydroxyl groups excluding tert-OH is 1. The highest BCUT2D eigenvalue weighted by Crippen LogP contribution is 2.02. The zero-order chi connectivity index (χ0) is 12.8. The van der Waals surface area contributed by atoms with Gasteiger partial charge in [0.1, 0.15) is 6.04 Å². The van der Waals surface area contributed by atoms with Gasteiger partial charge in [0, 0.05) is 48.4 Å². The van der Waals surface area contributed by atoms with Crippen molar-refractivity contribution in [3.8, 4) is 0 Å². The molecule has 1 saturated heterocycles. The summed E-state index contributed by atoms with van der Waals surface area (Å²) in [5.41, 5.74) is 0. The molecule has 0 bridgehead atoms. The van der Waals surface area contributed by atoms with Crippen LogP contribution in [0.4, 0.5) is 4.79 Å². The number of nitrogens with zero attached hydrogens (tertiary/aromatic N) is 1. The molecule has 0 aromatic carbocycles. The summed E-state index contributed by atoms with van der Waals surface area (Å²) < 4.78 is 11.1. The van der Waals surface area contributed by atoms with Crippen LogP contribution < -0.4 is 5.32 Å². The molecule has 0 aliphatic carbocycles. The number of hydrogen-bond acceptors (Lipinski definition) is 4. The molecule has 0 saturated carbocycles. The van der Waals surface area contributed by atoms with E-state index in [1.807, 2.05) is 0 Å². The molecule has 2 amide bonds. The maximum atomic E-state index is 11.7. The lowest BCUT2D eigenvalue weighted by Gasteiger charge is -2.27. The van der Waals surface area contributed by atoms with Crippen LogP contribution in [-0.4, -0.2) is 68.6 Å². The summed E-state index contributed by atoms with van der Waals surface area (Å²) in [7, 11) is -0.880. The predicted molar refractivity (Wildman–Crippen MR) is 61.1 cm³/mol. The molecule has 1 heterocycles. The molecule has 0 aromatic rings. The van der Waals surface area contributed by atoms with Gasteiger partial charge in [-0.25, -0.2) is 9.59 Å². The van der Waals surface area contributed by atoms with E-state index in [0.717, 1.165) is 0 Å². The molecule has 3 N–H and O–H groups in total. The smallest absolute Gasteiger partial charge is 0.326 e. The maximum Gasteiger partial charge on any atom is 0.326 e.